The third-order valence-corrected chi connectivity index (χ3v) is 4.12. The van der Waals surface area contributed by atoms with E-state index >= 15 is 0 Å². The fraction of sp³-hybridized carbons (Fsp3) is 0.438. The fourth-order valence-corrected chi connectivity index (χ4v) is 2.60. The zero-order valence-corrected chi connectivity index (χ0v) is 13.6. The van der Waals surface area contributed by atoms with Crippen molar-refractivity contribution in [2.45, 2.75) is 12.8 Å². The molecule has 2 N–H and O–H groups in total. The number of anilines is 1. The molecule has 130 valence electrons. The van der Waals surface area contributed by atoms with E-state index in [1.807, 2.05) is 0 Å². The minimum absolute atomic E-state index is 0.0923. The number of carbonyl (C=O) groups excluding carboxylic acids is 2. The molecule has 2 unspecified atom stereocenters. The second-order valence-electron chi connectivity index (χ2n) is 5.36. The molecule has 2 rings (SSSR count). The van der Waals surface area contributed by atoms with E-state index in [1.54, 1.807) is 0 Å². The smallest absolute Gasteiger partial charge is 0.340 e. The number of carbonyl (C=O) groups is 3. The molecule has 0 aromatic heterocycles. The largest absolute Gasteiger partial charge is 0.493 e. The number of ether oxygens (including phenoxy) is 3. The molecule has 0 heterocycles. The van der Waals surface area contributed by atoms with Crippen LogP contribution in [0.5, 0.6) is 11.5 Å². The van der Waals surface area contributed by atoms with Gasteiger partial charge in [-0.3, -0.25) is 9.59 Å². The molecule has 1 saturated carbocycles. The molecule has 1 amide bonds. The third kappa shape index (κ3) is 3.27. The first kappa shape index (κ1) is 17.6. The summed E-state index contributed by atoms with van der Waals surface area (Å²) in [7, 11) is 4.06. The van der Waals surface area contributed by atoms with Gasteiger partial charge in [0, 0.05) is 12.1 Å². The Labute approximate surface area is 138 Å². The molecule has 0 saturated heterocycles. The van der Waals surface area contributed by atoms with E-state index in [9.17, 15) is 14.4 Å². The Kier molecular flexibility index (Phi) is 5.28. The lowest BCUT2D eigenvalue weighted by atomic mass is 9.73. The lowest BCUT2D eigenvalue weighted by Crippen LogP contribution is -2.41. The van der Waals surface area contributed by atoms with Gasteiger partial charge in [0.1, 0.15) is 0 Å². The number of carboxylic acid groups (broad SMARTS) is 1. The molecule has 0 spiro atoms. The summed E-state index contributed by atoms with van der Waals surface area (Å²) in [5.41, 5.74) is 0.273. The number of amides is 1. The maximum Gasteiger partial charge on any atom is 0.340 e. The Morgan fingerprint density at radius 2 is 1.62 bits per heavy atom. The molecular weight excluding hydrogens is 318 g/mol. The Morgan fingerprint density at radius 3 is 2.08 bits per heavy atom. The molecule has 2 atom stereocenters. The first-order chi connectivity index (χ1) is 11.4. The topological polar surface area (TPSA) is 111 Å². The van der Waals surface area contributed by atoms with Gasteiger partial charge in [-0.25, -0.2) is 4.79 Å². The van der Waals surface area contributed by atoms with Crippen molar-refractivity contribution < 1.29 is 33.7 Å². The first-order valence-electron chi connectivity index (χ1n) is 7.30. The molecule has 0 bridgehead atoms. The maximum atomic E-state index is 12.3. The SMILES string of the molecule is COC(=O)c1cc(OC)c(OC)cc1NC(=O)C1CCC1C(=O)O. The number of nitrogens with one attached hydrogen (secondary N) is 1. The van der Waals surface area contributed by atoms with Crippen molar-refractivity contribution in [1.29, 1.82) is 0 Å². The number of hydrogen-bond acceptors (Lipinski definition) is 6. The molecular formula is C16H19NO7. The minimum Gasteiger partial charge on any atom is -0.493 e. The van der Waals surface area contributed by atoms with Gasteiger partial charge in [0.15, 0.2) is 11.5 Å². The molecule has 0 aliphatic heterocycles. The molecule has 1 aliphatic rings. The number of esters is 1. The highest BCUT2D eigenvalue weighted by molar-refractivity contribution is 6.03. The van der Waals surface area contributed by atoms with E-state index in [1.165, 1.54) is 33.5 Å². The van der Waals surface area contributed by atoms with Gasteiger partial charge >= 0.3 is 11.9 Å². The van der Waals surface area contributed by atoms with Gasteiger partial charge in [-0.2, -0.15) is 0 Å². The van der Waals surface area contributed by atoms with E-state index in [0.29, 0.717) is 24.3 Å². The molecule has 1 aliphatic carbocycles. The zero-order chi connectivity index (χ0) is 17.9. The summed E-state index contributed by atoms with van der Waals surface area (Å²) in [6.45, 7) is 0. The van der Waals surface area contributed by atoms with Crippen molar-refractivity contribution in [3.63, 3.8) is 0 Å². The average Bonchev–Trinajstić information content (AvgIpc) is 2.51. The summed E-state index contributed by atoms with van der Waals surface area (Å²) >= 11 is 0. The average molecular weight is 337 g/mol. The summed E-state index contributed by atoms with van der Waals surface area (Å²) in [4.78, 5) is 35.3. The van der Waals surface area contributed by atoms with Gasteiger partial charge in [0.25, 0.3) is 0 Å². The molecule has 24 heavy (non-hydrogen) atoms. The quantitative estimate of drug-likeness (QED) is 0.757. The molecule has 8 nitrogen and oxygen atoms in total. The van der Waals surface area contributed by atoms with Gasteiger partial charge in [-0.05, 0) is 12.8 Å². The van der Waals surface area contributed by atoms with Gasteiger partial charge in [-0.1, -0.05) is 0 Å². The summed E-state index contributed by atoms with van der Waals surface area (Å²) < 4.78 is 15.0. The Bertz CT molecular complexity index is 671. The number of rotatable bonds is 6. The molecule has 1 aromatic rings. The van der Waals surface area contributed by atoms with Crippen LogP contribution < -0.4 is 14.8 Å². The van der Waals surface area contributed by atoms with Crippen LogP contribution in [0.1, 0.15) is 23.2 Å². The van der Waals surface area contributed by atoms with E-state index in [2.05, 4.69) is 5.32 Å². The van der Waals surface area contributed by atoms with Crippen LogP contribution in [0.2, 0.25) is 0 Å². The van der Waals surface area contributed by atoms with E-state index in [0.717, 1.165) is 0 Å². The Balaban J connectivity index is 2.32. The van der Waals surface area contributed by atoms with E-state index in [4.69, 9.17) is 19.3 Å². The van der Waals surface area contributed by atoms with Crippen LogP contribution in [0.15, 0.2) is 12.1 Å². The predicted octanol–water partition coefficient (Wildman–Crippen LogP) is 1.54. The van der Waals surface area contributed by atoms with E-state index in [-0.39, 0.29) is 11.3 Å². The number of aliphatic carboxylic acids is 1. The summed E-state index contributed by atoms with van der Waals surface area (Å²) in [6, 6.07) is 2.84. The predicted molar refractivity (Wildman–Crippen MR) is 83.4 cm³/mol. The van der Waals surface area contributed by atoms with Crippen molar-refractivity contribution in [3.8, 4) is 11.5 Å². The summed E-state index contributed by atoms with van der Waals surface area (Å²) in [6.07, 6.45) is 0.951. The van der Waals surface area contributed by atoms with Crippen LogP contribution in [0.4, 0.5) is 5.69 Å². The minimum atomic E-state index is -0.998. The van der Waals surface area contributed by atoms with Crippen molar-refractivity contribution in [1.82, 2.24) is 0 Å². The summed E-state index contributed by atoms with van der Waals surface area (Å²) in [5.74, 6) is -2.80. The maximum absolute atomic E-state index is 12.3. The monoisotopic (exact) mass is 337 g/mol. The van der Waals surface area contributed by atoms with Crippen LogP contribution >= 0.6 is 0 Å². The molecule has 1 aromatic carbocycles. The van der Waals surface area contributed by atoms with Crippen LogP contribution in [0.25, 0.3) is 0 Å². The summed E-state index contributed by atoms with van der Waals surface area (Å²) in [5, 5.41) is 11.7. The van der Waals surface area contributed by atoms with Crippen molar-refractivity contribution >= 4 is 23.5 Å². The molecule has 1 fully saturated rings. The second-order valence-corrected chi connectivity index (χ2v) is 5.36. The highest BCUT2D eigenvalue weighted by Gasteiger charge is 2.41. The first-order valence-corrected chi connectivity index (χ1v) is 7.30. The van der Waals surface area contributed by atoms with Crippen LogP contribution in [0.3, 0.4) is 0 Å². The standard InChI is InChI=1S/C16H19NO7/c1-22-12-6-10(16(21)24-3)11(7-13(12)23-2)17-14(18)8-4-5-9(8)15(19)20/h6-9H,4-5H2,1-3H3,(H,17,18)(H,19,20). The third-order valence-electron chi connectivity index (χ3n) is 4.12. The molecule has 8 heteroatoms. The van der Waals surface area contributed by atoms with Gasteiger partial charge in [-0.15, -0.1) is 0 Å². The van der Waals surface area contributed by atoms with Gasteiger partial charge in [0.05, 0.1) is 44.4 Å². The lowest BCUT2D eigenvalue weighted by Gasteiger charge is -2.32. The number of hydrogen-bond donors (Lipinski definition) is 2. The van der Waals surface area contributed by atoms with Crippen LogP contribution in [-0.4, -0.2) is 44.3 Å². The highest BCUT2D eigenvalue weighted by Crippen LogP contribution is 2.37. The normalized spacial score (nSPS) is 19.0. The Hall–Kier alpha value is -2.77. The number of benzene rings is 1. The number of methoxy groups -OCH3 is 3. The van der Waals surface area contributed by atoms with Crippen LogP contribution in [-0.2, 0) is 14.3 Å². The molecule has 0 radical (unpaired) electrons. The lowest BCUT2D eigenvalue weighted by molar-refractivity contribution is -0.151. The van der Waals surface area contributed by atoms with Gasteiger partial charge < -0.3 is 24.6 Å². The van der Waals surface area contributed by atoms with Crippen LogP contribution in [0, 0.1) is 11.8 Å². The number of carboxylic acids is 1. The second kappa shape index (κ2) is 7.20. The van der Waals surface area contributed by atoms with Crippen molar-refractivity contribution in [2.24, 2.45) is 11.8 Å². The van der Waals surface area contributed by atoms with Gasteiger partial charge in [0.2, 0.25) is 5.91 Å². The highest BCUT2D eigenvalue weighted by atomic mass is 16.5. The van der Waals surface area contributed by atoms with Crippen molar-refractivity contribution in [3.05, 3.63) is 17.7 Å². The van der Waals surface area contributed by atoms with Crippen molar-refractivity contribution in [2.75, 3.05) is 26.6 Å². The Morgan fingerprint density at radius 1 is 1.04 bits per heavy atom. The zero-order valence-electron chi connectivity index (χ0n) is 13.6. The van der Waals surface area contributed by atoms with E-state index < -0.39 is 29.7 Å². The fourth-order valence-electron chi connectivity index (χ4n) is 2.60.